The lowest BCUT2D eigenvalue weighted by Crippen LogP contribution is -2.54. The van der Waals surface area contributed by atoms with Gasteiger partial charge in [-0.05, 0) is 30.5 Å². The number of halogens is 3. The molecule has 30 heavy (non-hydrogen) atoms. The first-order valence-electron chi connectivity index (χ1n) is 9.94. The van der Waals surface area contributed by atoms with Crippen LogP contribution >= 0.6 is 0 Å². The van der Waals surface area contributed by atoms with Crippen molar-refractivity contribution < 1.29 is 37.7 Å². The fraction of sp³-hybridized carbons (Fsp3) is 0.600. The Hall–Kier alpha value is -2.49. The van der Waals surface area contributed by atoms with Crippen molar-refractivity contribution in [3.63, 3.8) is 0 Å². The van der Waals surface area contributed by atoms with Gasteiger partial charge in [-0.2, -0.15) is 0 Å². The van der Waals surface area contributed by atoms with Crippen molar-refractivity contribution in [1.82, 2.24) is 9.80 Å². The molecule has 1 aromatic carbocycles. The molecule has 1 aliphatic heterocycles. The summed E-state index contributed by atoms with van der Waals surface area (Å²) in [6, 6.07) is 5.03. The molecule has 0 aromatic heterocycles. The van der Waals surface area contributed by atoms with Gasteiger partial charge in [-0.15, -0.1) is 13.2 Å². The van der Waals surface area contributed by atoms with Crippen LogP contribution in [0.2, 0.25) is 0 Å². The number of carbonyl (C=O) groups is 2. The highest BCUT2D eigenvalue weighted by Gasteiger charge is 2.45. The first kappa shape index (κ1) is 22.2. The predicted octanol–water partition coefficient (Wildman–Crippen LogP) is 3.19. The number of rotatable bonds is 4. The summed E-state index contributed by atoms with van der Waals surface area (Å²) in [5.74, 6) is -1.67. The molecule has 1 unspecified atom stereocenters. The molecule has 1 aromatic rings. The molecule has 3 rings (SSSR count). The van der Waals surface area contributed by atoms with Gasteiger partial charge >= 0.3 is 12.5 Å². The van der Waals surface area contributed by atoms with Crippen molar-refractivity contribution in [3.05, 3.63) is 29.8 Å². The van der Waals surface area contributed by atoms with Gasteiger partial charge in [0.25, 0.3) is 0 Å². The molecule has 10 heteroatoms. The SMILES string of the molecule is O=C(O)N1CCN(C(=O)C(c2ccc(OC(F)(F)F)cc2)C2(O)CCCCC2)CC1. The van der Waals surface area contributed by atoms with Crippen LogP contribution in [-0.4, -0.2) is 70.2 Å². The second-order valence-corrected chi connectivity index (χ2v) is 7.81. The zero-order valence-corrected chi connectivity index (χ0v) is 16.4. The molecule has 2 aliphatic rings. The highest BCUT2D eigenvalue weighted by molar-refractivity contribution is 5.85. The molecular weight excluding hydrogens is 405 g/mol. The highest BCUT2D eigenvalue weighted by Crippen LogP contribution is 2.41. The molecule has 1 atom stereocenters. The van der Waals surface area contributed by atoms with Gasteiger partial charge in [0, 0.05) is 26.2 Å². The standard InChI is InChI=1S/C20H25F3N2O5/c21-20(22,23)30-15-6-4-14(5-7-15)16(19(29)8-2-1-3-9-19)17(26)24-10-12-25(13-11-24)18(27)28/h4-7,16,29H,1-3,8-13H2,(H,27,28). The van der Waals surface area contributed by atoms with Crippen LogP contribution in [0.5, 0.6) is 5.75 Å². The molecule has 1 aliphatic carbocycles. The molecule has 1 heterocycles. The van der Waals surface area contributed by atoms with E-state index in [4.69, 9.17) is 5.11 Å². The lowest BCUT2D eigenvalue weighted by molar-refractivity contribution is -0.274. The topological polar surface area (TPSA) is 90.3 Å². The molecule has 1 saturated heterocycles. The maximum absolute atomic E-state index is 13.4. The maximum Gasteiger partial charge on any atom is 0.573 e. The quantitative estimate of drug-likeness (QED) is 0.766. The minimum absolute atomic E-state index is 0.171. The van der Waals surface area contributed by atoms with E-state index in [1.54, 1.807) is 0 Å². The lowest BCUT2D eigenvalue weighted by Gasteiger charge is -2.42. The fourth-order valence-electron chi connectivity index (χ4n) is 4.30. The van der Waals surface area contributed by atoms with Crippen LogP contribution in [-0.2, 0) is 4.79 Å². The average Bonchev–Trinajstić information content (AvgIpc) is 2.69. The summed E-state index contributed by atoms with van der Waals surface area (Å²) in [5.41, 5.74) is -0.884. The molecule has 2 amide bonds. The first-order valence-corrected chi connectivity index (χ1v) is 9.94. The molecule has 0 radical (unpaired) electrons. The second kappa shape index (κ2) is 8.71. The van der Waals surface area contributed by atoms with Crippen molar-refractivity contribution in [2.45, 2.75) is 50.0 Å². The number of amides is 2. The number of ether oxygens (including phenoxy) is 1. The zero-order chi connectivity index (χ0) is 21.9. The number of carbonyl (C=O) groups excluding carboxylic acids is 1. The van der Waals surface area contributed by atoms with E-state index in [1.807, 2.05) is 0 Å². The van der Waals surface area contributed by atoms with Gasteiger partial charge in [0.1, 0.15) is 5.75 Å². The van der Waals surface area contributed by atoms with E-state index in [-0.39, 0.29) is 32.1 Å². The Morgan fingerprint density at radius 1 is 0.967 bits per heavy atom. The summed E-state index contributed by atoms with van der Waals surface area (Å²) in [6.07, 6.45) is -2.59. The Balaban J connectivity index is 1.84. The molecule has 166 valence electrons. The van der Waals surface area contributed by atoms with Crippen LogP contribution in [0.15, 0.2) is 24.3 Å². The van der Waals surface area contributed by atoms with Crippen LogP contribution in [0.4, 0.5) is 18.0 Å². The van der Waals surface area contributed by atoms with E-state index < -0.39 is 29.7 Å². The van der Waals surface area contributed by atoms with Crippen LogP contribution in [0.1, 0.15) is 43.6 Å². The Morgan fingerprint density at radius 2 is 1.50 bits per heavy atom. The minimum Gasteiger partial charge on any atom is -0.465 e. The number of benzene rings is 1. The number of aliphatic hydroxyl groups is 1. The Morgan fingerprint density at radius 3 is 2.00 bits per heavy atom. The van der Waals surface area contributed by atoms with Crippen molar-refractivity contribution in [3.8, 4) is 5.75 Å². The third-order valence-corrected chi connectivity index (χ3v) is 5.81. The van der Waals surface area contributed by atoms with Gasteiger partial charge < -0.3 is 24.7 Å². The van der Waals surface area contributed by atoms with Gasteiger partial charge in [0.05, 0.1) is 11.5 Å². The van der Waals surface area contributed by atoms with E-state index in [1.165, 1.54) is 21.9 Å². The van der Waals surface area contributed by atoms with Crippen LogP contribution in [0.25, 0.3) is 0 Å². The van der Waals surface area contributed by atoms with Gasteiger partial charge in [-0.3, -0.25) is 4.79 Å². The lowest BCUT2D eigenvalue weighted by atomic mass is 9.72. The molecule has 0 bridgehead atoms. The Kier molecular flexibility index (Phi) is 6.44. The molecule has 0 spiro atoms. The van der Waals surface area contributed by atoms with Crippen molar-refractivity contribution in [1.29, 1.82) is 0 Å². The third kappa shape index (κ3) is 5.16. The average molecular weight is 430 g/mol. The highest BCUT2D eigenvalue weighted by atomic mass is 19.4. The number of alkyl halides is 3. The van der Waals surface area contributed by atoms with Gasteiger partial charge in [0.2, 0.25) is 5.91 Å². The summed E-state index contributed by atoms with van der Waals surface area (Å²) in [7, 11) is 0. The van der Waals surface area contributed by atoms with Crippen molar-refractivity contribution in [2.24, 2.45) is 0 Å². The summed E-state index contributed by atoms with van der Waals surface area (Å²) < 4.78 is 41.2. The van der Waals surface area contributed by atoms with Gasteiger partial charge in [-0.25, -0.2) is 4.79 Å². The van der Waals surface area contributed by atoms with Gasteiger partial charge in [-0.1, -0.05) is 31.4 Å². The third-order valence-electron chi connectivity index (χ3n) is 5.81. The van der Waals surface area contributed by atoms with Gasteiger partial charge in [0.15, 0.2) is 0 Å². The number of piperazine rings is 1. The molecule has 2 N–H and O–H groups in total. The van der Waals surface area contributed by atoms with E-state index in [0.29, 0.717) is 18.4 Å². The van der Waals surface area contributed by atoms with E-state index in [9.17, 15) is 27.9 Å². The summed E-state index contributed by atoms with van der Waals surface area (Å²) >= 11 is 0. The molecular formula is C20H25F3N2O5. The number of hydrogen-bond donors (Lipinski definition) is 2. The molecule has 7 nitrogen and oxygen atoms in total. The normalized spacial score (nSPS) is 20.5. The molecule has 2 fully saturated rings. The largest absolute Gasteiger partial charge is 0.573 e. The van der Waals surface area contributed by atoms with E-state index in [0.717, 1.165) is 31.4 Å². The zero-order valence-electron chi connectivity index (χ0n) is 16.4. The summed E-state index contributed by atoms with van der Waals surface area (Å²) in [6.45, 7) is 0.745. The Bertz CT molecular complexity index is 755. The van der Waals surface area contributed by atoms with Crippen molar-refractivity contribution in [2.75, 3.05) is 26.2 Å². The van der Waals surface area contributed by atoms with Crippen LogP contribution in [0, 0.1) is 0 Å². The number of hydrogen-bond acceptors (Lipinski definition) is 4. The fourth-order valence-corrected chi connectivity index (χ4v) is 4.30. The minimum atomic E-state index is -4.82. The van der Waals surface area contributed by atoms with E-state index in [2.05, 4.69) is 4.74 Å². The van der Waals surface area contributed by atoms with Crippen LogP contribution in [0.3, 0.4) is 0 Å². The number of nitrogens with zero attached hydrogens (tertiary/aromatic N) is 2. The molecule has 1 saturated carbocycles. The number of carboxylic acid groups (broad SMARTS) is 1. The monoisotopic (exact) mass is 430 g/mol. The predicted molar refractivity (Wildman–Crippen MR) is 100 cm³/mol. The second-order valence-electron chi connectivity index (χ2n) is 7.81. The smallest absolute Gasteiger partial charge is 0.465 e. The maximum atomic E-state index is 13.4. The Labute approximate surface area is 172 Å². The van der Waals surface area contributed by atoms with E-state index >= 15 is 0 Å². The van der Waals surface area contributed by atoms with Crippen molar-refractivity contribution >= 4 is 12.0 Å². The summed E-state index contributed by atoms with van der Waals surface area (Å²) in [5, 5.41) is 20.4. The van der Waals surface area contributed by atoms with Crippen LogP contribution < -0.4 is 4.74 Å². The summed E-state index contributed by atoms with van der Waals surface area (Å²) in [4.78, 5) is 27.2. The first-order chi connectivity index (χ1) is 14.1.